The highest BCUT2D eigenvalue weighted by Crippen LogP contribution is 2.34. The minimum absolute atomic E-state index is 0.0863. The molecule has 0 amide bonds. The number of carbonyl (C=O) groups is 2. The Bertz CT molecular complexity index is 300. The molecule has 0 saturated heterocycles. The van der Waals surface area contributed by atoms with Crippen molar-refractivity contribution < 1.29 is 14.3 Å². The Hall–Kier alpha value is -1.12. The second-order valence-electron chi connectivity index (χ2n) is 4.45. The number of Topliss-reactive ketones (excluding diaryl/α,β-unsaturated/α-hetero) is 1. The SMILES string of the molecule is CC(=O)CC(C)(C)C1=CC(C)OC1=O. The Kier molecular flexibility index (Phi) is 2.79. The van der Waals surface area contributed by atoms with Crippen molar-refractivity contribution in [1.29, 1.82) is 0 Å². The lowest BCUT2D eigenvalue weighted by atomic mass is 9.80. The van der Waals surface area contributed by atoms with Gasteiger partial charge in [0.25, 0.3) is 0 Å². The molecule has 14 heavy (non-hydrogen) atoms. The smallest absolute Gasteiger partial charge is 0.334 e. The summed E-state index contributed by atoms with van der Waals surface area (Å²) in [6.07, 6.45) is 2.01. The molecule has 1 rings (SSSR count). The van der Waals surface area contributed by atoms with E-state index in [9.17, 15) is 9.59 Å². The molecule has 1 aliphatic heterocycles. The van der Waals surface area contributed by atoms with Crippen molar-refractivity contribution in [2.45, 2.75) is 40.2 Å². The molecule has 0 spiro atoms. The van der Waals surface area contributed by atoms with Crippen molar-refractivity contribution in [2.75, 3.05) is 0 Å². The molecule has 0 aromatic rings. The molecule has 0 aromatic heterocycles. The zero-order valence-electron chi connectivity index (χ0n) is 9.09. The zero-order valence-corrected chi connectivity index (χ0v) is 9.09. The minimum Gasteiger partial charge on any atom is -0.455 e. The van der Waals surface area contributed by atoms with Gasteiger partial charge in [0.1, 0.15) is 11.9 Å². The lowest BCUT2D eigenvalue weighted by molar-refractivity contribution is -0.140. The van der Waals surface area contributed by atoms with Gasteiger partial charge >= 0.3 is 5.97 Å². The second kappa shape index (κ2) is 3.56. The van der Waals surface area contributed by atoms with Gasteiger partial charge in [0.2, 0.25) is 0 Å². The Balaban J connectivity index is 2.87. The van der Waals surface area contributed by atoms with Crippen LogP contribution < -0.4 is 0 Å². The number of hydrogen-bond donors (Lipinski definition) is 0. The Morgan fingerprint density at radius 2 is 2.14 bits per heavy atom. The molecule has 0 N–H and O–H groups in total. The van der Waals surface area contributed by atoms with E-state index in [1.54, 1.807) is 6.08 Å². The van der Waals surface area contributed by atoms with E-state index in [0.29, 0.717) is 12.0 Å². The van der Waals surface area contributed by atoms with Crippen molar-refractivity contribution in [3.8, 4) is 0 Å². The molecule has 1 unspecified atom stereocenters. The van der Waals surface area contributed by atoms with Crippen LogP contribution >= 0.6 is 0 Å². The van der Waals surface area contributed by atoms with Crippen LogP contribution in [0.15, 0.2) is 11.6 Å². The number of ketones is 1. The van der Waals surface area contributed by atoms with Crippen LogP contribution in [0.5, 0.6) is 0 Å². The van der Waals surface area contributed by atoms with E-state index >= 15 is 0 Å². The summed E-state index contributed by atoms with van der Waals surface area (Å²) in [5, 5.41) is 0. The van der Waals surface area contributed by atoms with Crippen LogP contribution in [0.3, 0.4) is 0 Å². The minimum atomic E-state index is -0.409. The highest BCUT2D eigenvalue weighted by atomic mass is 16.5. The lowest BCUT2D eigenvalue weighted by Crippen LogP contribution is -2.22. The Labute approximate surface area is 84.1 Å². The molecule has 0 bridgehead atoms. The first-order chi connectivity index (χ1) is 6.33. The highest BCUT2D eigenvalue weighted by Gasteiger charge is 2.35. The van der Waals surface area contributed by atoms with Crippen LogP contribution in [0.4, 0.5) is 0 Å². The van der Waals surface area contributed by atoms with Gasteiger partial charge in [0.15, 0.2) is 0 Å². The Morgan fingerprint density at radius 1 is 1.57 bits per heavy atom. The number of carbonyl (C=O) groups excluding carboxylic acids is 2. The third-order valence-electron chi connectivity index (χ3n) is 2.33. The largest absolute Gasteiger partial charge is 0.455 e. The van der Waals surface area contributed by atoms with Gasteiger partial charge in [-0.05, 0) is 19.9 Å². The predicted molar refractivity (Wildman–Crippen MR) is 52.7 cm³/mol. The maximum atomic E-state index is 11.4. The first-order valence-corrected chi connectivity index (χ1v) is 4.75. The summed E-state index contributed by atoms with van der Waals surface area (Å²) in [7, 11) is 0. The summed E-state index contributed by atoms with van der Waals surface area (Å²) in [6, 6.07) is 0. The van der Waals surface area contributed by atoms with Crippen molar-refractivity contribution in [3.05, 3.63) is 11.6 Å². The van der Waals surface area contributed by atoms with Gasteiger partial charge in [-0.25, -0.2) is 4.79 Å². The molecule has 1 atom stereocenters. The van der Waals surface area contributed by atoms with Crippen LogP contribution in [-0.4, -0.2) is 17.9 Å². The van der Waals surface area contributed by atoms with E-state index in [1.807, 2.05) is 20.8 Å². The zero-order chi connectivity index (χ0) is 10.9. The first-order valence-electron chi connectivity index (χ1n) is 4.75. The molecule has 3 heteroatoms. The molecule has 0 radical (unpaired) electrons. The fourth-order valence-electron chi connectivity index (χ4n) is 1.79. The summed E-state index contributed by atoms with van der Waals surface area (Å²) in [5.74, 6) is -0.202. The van der Waals surface area contributed by atoms with E-state index in [0.717, 1.165) is 0 Å². The van der Waals surface area contributed by atoms with Gasteiger partial charge in [-0.1, -0.05) is 13.8 Å². The topological polar surface area (TPSA) is 43.4 Å². The lowest BCUT2D eigenvalue weighted by Gasteiger charge is -2.22. The number of esters is 1. The molecular formula is C11H16O3. The van der Waals surface area contributed by atoms with Gasteiger partial charge in [0, 0.05) is 17.4 Å². The standard InChI is InChI=1S/C11H16O3/c1-7(12)6-11(3,4)9-5-8(2)14-10(9)13/h5,8H,6H2,1-4H3. The molecule has 3 nitrogen and oxygen atoms in total. The third-order valence-corrected chi connectivity index (χ3v) is 2.33. The third kappa shape index (κ3) is 2.22. The van der Waals surface area contributed by atoms with Crippen molar-refractivity contribution in [2.24, 2.45) is 5.41 Å². The molecule has 0 aromatic carbocycles. The summed E-state index contributed by atoms with van der Waals surface area (Å²) in [6.45, 7) is 7.12. The van der Waals surface area contributed by atoms with Crippen molar-refractivity contribution in [1.82, 2.24) is 0 Å². The predicted octanol–water partition coefficient (Wildman–Crippen LogP) is 1.86. The average Bonchev–Trinajstić information content (AvgIpc) is 2.27. The van der Waals surface area contributed by atoms with Gasteiger partial charge < -0.3 is 4.74 Å². The average molecular weight is 196 g/mol. The van der Waals surface area contributed by atoms with Crippen LogP contribution in [0.25, 0.3) is 0 Å². The molecule has 0 aliphatic carbocycles. The first kappa shape index (κ1) is 11.0. The van der Waals surface area contributed by atoms with E-state index in [4.69, 9.17) is 4.74 Å². The number of ether oxygens (including phenoxy) is 1. The van der Waals surface area contributed by atoms with Crippen LogP contribution in [0.2, 0.25) is 0 Å². The van der Waals surface area contributed by atoms with E-state index in [2.05, 4.69) is 0 Å². The summed E-state index contributed by atoms with van der Waals surface area (Å²) in [5.41, 5.74) is 0.216. The summed E-state index contributed by atoms with van der Waals surface area (Å²) in [4.78, 5) is 22.4. The van der Waals surface area contributed by atoms with E-state index in [-0.39, 0.29) is 17.9 Å². The van der Waals surface area contributed by atoms with Crippen molar-refractivity contribution >= 4 is 11.8 Å². The van der Waals surface area contributed by atoms with Crippen molar-refractivity contribution in [3.63, 3.8) is 0 Å². The van der Waals surface area contributed by atoms with Gasteiger partial charge in [0.05, 0.1) is 0 Å². The maximum Gasteiger partial charge on any atom is 0.334 e. The van der Waals surface area contributed by atoms with Crippen LogP contribution in [0.1, 0.15) is 34.1 Å². The maximum absolute atomic E-state index is 11.4. The van der Waals surface area contributed by atoms with Gasteiger partial charge in [-0.15, -0.1) is 0 Å². The fraction of sp³-hybridized carbons (Fsp3) is 0.636. The molecule has 0 fully saturated rings. The fourth-order valence-corrected chi connectivity index (χ4v) is 1.79. The second-order valence-corrected chi connectivity index (χ2v) is 4.45. The monoisotopic (exact) mass is 196 g/mol. The molecule has 1 heterocycles. The number of rotatable bonds is 3. The van der Waals surface area contributed by atoms with Crippen LogP contribution in [0, 0.1) is 5.41 Å². The molecule has 1 aliphatic rings. The molecule has 0 saturated carbocycles. The highest BCUT2D eigenvalue weighted by molar-refractivity contribution is 5.93. The Morgan fingerprint density at radius 3 is 2.50 bits per heavy atom. The summed E-state index contributed by atoms with van der Waals surface area (Å²) < 4.78 is 5.00. The van der Waals surface area contributed by atoms with E-state index in [1.165, 1.54) is 6.92 Å². The van der Waals surface area contributed by atoms with Gasteiger partial charge in [-0.2, -0.15) is 0 Å². The van der Waals surface area contributed by atoms with E-state index < -0.39 is 5.41 Å². The van der Waals surface area contributed by atoms with Gasteiger partial charge in [-0.3, -0.25) is 4.79 Å². The molecular weight excluding hydrogens is 180 g/mol. The number of cyclic esters (lactones) is 1. The molecule has 78 valence electrons. The number of hydrogen-bond acceptors (Lipinski definition) is 3. The summed E-state index contributed by atoms with van der Waals surface area (Å²) >= 11 is 0. The quantitative estimate of drug-likeness (QED) is 0.647. The normalized spacial score (nSPS) is 21.9. The van der Waals surface area contributed by atoms with Crippen LogP contribution in [-0.2, 0) is 14.3 Å².